The van der Waals surface area contributed by atoms with Crippen LogP contribution in [0.15, 0.2) is 0 Å². The number of hydrogen-bond donors (Lipinski definition) is 0. The summed E-state index contributed by atoms with van der Waals surface area (Å²) in [5.41, 5.74) is 0. The molecule has 0 amide bonds. The third-order valence-corrected chi connectivity index (χ3v) is 3.10. The van der Waals surface area contributed by atoms with Gasteiger partial charge in [0.1, 0.15) is 0 Å². The van der Waals surface area contributed by atoms with E-state index < -0.39 is 0 Å². The van der Waals surface area contributed by atoms with Crippen molar-refractivity contribution in [1.29, 1.82) is 0 Å². The first-order valence-electron chi connectivity index (χ1n) is 3.22. The first kappa shape index (κ1) is 6.81. The van der Waals surface area contributed by atoms with Gasteiger partial charge in [-0.3, -0.25) is 4.90 Å². The predicted molar refractivity (Wildman–Crippen MR) is 44.3 cm³/mol. The van der Waals surface area contributed by atoms with Gasteiger partial charge >= 0.3 is 0 Å². The van der Waals surface area contributed by atoms with E-state index in [1.54, 1.807) is 0 Å². The summed E-state index contributed by atoms with van der Waals surface area (Å²) < 4.78 is 0.831. The molecule has 0 aliphatic carbocycles. The SMILES string of the molecule is CCN1CCC[C@@H]1I. The Morgan fingerprint density at radius 1 is 1.75 bits per heavy atom. The van der Waals surface area contributed by atoms with Crippen molar-refractivity contribution in [2.75, 3.05) is 13.1 Å². The van der Waals surface area contributed by atoms with Gasteiger partial charge < -0.3 is 0 Å². The van der Waals surface area contributed by atoms with Crippen LogP contribution in [-0.2, 0) is 0 Å². The Morgan fingerprint density at radius 2 is 2.50 bits per heavy atom. The smallest absolute Gasteiger partial charge is 0.0618 e. The maximum atomic E-state index is 2.52. The Balaban J connectivity index is 2.30. The lowest BCUT2D eigenvalue weighted by molar-refractivity contribution is 0.346. The summed E-state index contributed by atoms with van der Waals surface area (Å²) in [5, 5.41) is 0. The number of nitrogens with zero attached hydrogens (tertiary/aromatic N) is 1. The van der Waals surface area contributed by atoms with Crippen molar-refractivity contribution in [3.63, 3.8) is 0 Å². The molecule has 0 spiro atoms. The zero-order valence-electron chi connectivity index (χ0n) is 5.23. The molecule has 1 aliphatic rings. The van der Waals surface area contributed by atoms with Gasteiger partial charge in [0.05, 0.1) is 4.05 Å². The number of hydrogen-bond acceptors (Lipinski definition) is 1. The summed E-state index contributed by atoms with van der Waals surface area (Å²) >= 11 is 2.52. The third kappa shape index (κ3) is 1.35. The van der Waals surface area contributed by atoms with E-state index in [-0.39, 0.29) is 0 Å². The maximum Gasteiger partial charge on any atom is 0.0618 e. The summed E-state index contributed by atoms with van der Waals surface area (Å²) in [5.74, 6) is 0. The van der Waals surface area contributed by atoms with Gasteiger partial charge in [0.2, 0.25) is 0 Å². The summed E-state index contributed by atoms with van der Waals surface area (Å²) in [7, 11) is 0. The van der Waals surface area contributed by atoms with Gasteiger partial charge in [-0.25, -0.2) is 0 Å². The Kier molecular flexibility index (Phi) is 2.56. The molecule has 1 saturated heterocycles. The molecule has 0 bridgehead atoms. The quantitative estimate of drug-likeness (QED) is 0.374. The minimum atomic E-state index is 0.831. The second-order valence-corrected chi connectivity index (χ2v) is 3.64. The van der Waals surface area contributed by atoms with E-state index in [9.17, 15) is 0 Å². The van der Waals surface area contributed by atoms with Crippen molar-refractivity contribution in [2.24, 2.45) is 0 Å². The molecular formula is C6H12IN. The second-order valence-electron chi connectivity index (χ2n) is 2.21. The first-order valence-corrected chi connectivity index (χ1v) is 4.47. The van der Waals surface area contributed by atoms with Crippen LogP contribution < -0.4 is 0 Å². The lowest BCUT2D eigenvalue weighted by atomic mass is 10.4. The van der Waals surface area contributed by atoms with Crippen molar-refractivity contribution in [1.82, 2.24) is 4.90 Å². The van der Waals surface area contributed by atoms with Crippen LogP contribution in [0, 0.1) is 0 Å². The van der Waals surface area contributed by atoms with Crippen LogP contribution >= 0.6 is 22.6 Å². The molecule has 0 saturated carbocycles. The van der Waals surface area contributed by atoms with Gasteiger partial charge in [0.25, 0.3) is 0 Å². The highest BCUT2D eigenvalue weighted by Gasteiger charge is 2.18. The van der Waals surface area contributed by atoms with Gasteiger partial charge in [0, 0.05) is 0 Å². The minimum absolute atomic E-state index is 0.831. The third-order valence-electron chi connectivity index (χ3n) is 1.69. The molecule has 0 aromatic heterocycles. The van der Waals surface area contributed by atoms with Crippen molar-refractivity contribution in [3.05, 3.63) is 0 Å². The minimum Gasteiger partial charge on any atom is -0.292 e. The van der Waals surface area contributed by atoms with E-state index in [1.807, 2.05) is 0 Å². The van der Waals surface area contributed by atoms with Crippen LogP contribution in [0.1, 0.15) is 19.8 Å². The summed E-state index contributed by atoms with van der Waals surface area (Å²) in [4.78, 5) is 2.51. The zero-order chi connectivity index (χ0) is 5.98. The number of alkyl halides is 1. The fraction of sp³-hybridized carbons (Fsp3) is 1.00. The summed E-state index contributed by atoms with van der Waals surface area (Å²) in [6, 6.07) is 0. The number of halogens is 1. The molecule has 1 aliphatic heterocycles. The van der Waals surface area contributed by atoms with Crippen LogP contribution in [0.3, 0.4) is 0 Å². The van der Waals surface area contributed by atoms with Crippen molar-refractivity contribution >= 4 is 22.6 Å². The van der Waals surface area contributed by atoms with Crippen LogP contribution in [-0.4, -0.2) is 22.0 Å². The molecule has 0 unspecified atom stereocenters. The monoisotopic (exact) mass is 225 g/mol. The second kappa shape index (κ2) is 3.01. The molecule has 1 fully saturated rings. The van der Waals surface area contributed by atoms with Gasteiger partial charge in [-0.1, -0.05) is 29.5 Å². The maximum absolute atomic E-state index is 2.52. The van der Waals surface area contributed by atoms with E-state index in [2.05, 4.69) is 34.4 Å². The molecule has 48 valence electrons. The van der Waals surface area contributed by atoms with E-state index in [4.69, 9.17) is 0 Å². The average Bonchev–Trinajstić information content (AvgIpc) is 2.14. The van der Waals surface area contributed by atoms with Crippen molar-refractivity contribution < 1.29 is 0 Å². The molecule has 0 N–H and O–H groups in total. The van der Waals surface area contributed by atoms with Crippen LogP contribution in [0.4, 0.5) is 0 Å². The molecular weight excluding hydrogens is 213 g/mol. The molecule has 2 heteroatoms. The van der Waals surface area contributed by atoms with E-state index >= 15 is 0 Å². The molecule has 1 rings (SSSR count). The Labute approximate surface area is 64.6 Å². The summed E-state index contributed by atoms with van der Waals surface area (Å²) in [6.45, 7) is 4.79. The lowest BCUT2D eigenvalue weighted by Gasteiger charge is -2.15. The van der Waals surface area contributed by atoms with Gasteiger partial charge in [-0.2, -0.15) is 0 Å². The van der Waals surface area contributed by atoms with Crippen LogP contribution in [0.5, 0.6) is 0 Å². The highest BCUT2D eigenvalue weighted by molar-refractivity contribution is 14.1. The molecule has 8 heavy (non-hydrogen) atoms. The van der Waals surface area contributed by atoms with Gasteiger partial charge in [0.15, 0.2) is 0 Å². The normalized spacial score (nSPS) is 31.5. The number of rotatable bonds is 1. The van der Waals surface area contributed by atoms with Gasteiger partial charge in [-0.15, -0.1) is 0 Å². The standard InChI is InChI=1S/C6H12IN/c1-2-8-5-3-4-6(8)7/h6H,2-5H2,1H3/t6-/m1/s1. The Hall–Kier alpha value is 0.690. The lowest BCUT2D eigenvalue weighted by Crippen LogP contribution is -2.23. The fourth-order valence-corrected chi connectivity index (χ4v) is 2.25. The predicted octanol–water partition coefficient (Wildman–Crippen LogP) is 1.86. The largest absolute Gasteiger partial charge is 0.292 e. The zero-order valence-corrected chi connectivity index (χ0v) is 7.39. The van der Waals surface area contributed by atoms with E-state index in [0.29, 0.717) is 0 Å². The van der Waals surface area contributed by atoms with Crippen LogP contribution in [0.25, 0.3) is 0 Å². The average molecular weight is 225 g/mol. The highest BCUT2D eigenvalue weighted by atomic mass is 127. The molecule has 1 atom stereocenters. The van der Waals surface area contributed by atoms with Crippen LogP contribution in [0.2, 0.25) is 0 Å². The van der Waals surface area contributed by atoms with Gasteiger partial charge in [-0.05, 0) is 25.9 Å². The fourth-order valence-electron chi connectivity index (χ4n) is 1.14. The molecule has 0 aromatic carbocycles. The first-order chi connectivity index (χ1) is 3.84. The number of likely N-dealkylation sites (tertiary alicyclic amines) is 1. The molecule has 1 heterocycles. The molecule has 0 radical (unpaired) electrons. The summed E-state index contributed by atoms with van der Waals surface area (Å²) in [6.07, 6.45) is 2.80. The van der Waals surface area contributed by atoms with E-state index in [0.717, 1.165) is 4.05 Å². The van der Waals surface area contributed by atoms with Crippen molar-refractivity contribution in [2.45, 2.75) is 23.8 Å². The molecule has 1 nitrogen and oxygen atoms in total. The topological polar surface area (TPSA) is 3.24 Å². The highest BCUT2D eigenvalue weighted by Crippen LogP contribution is 2.21. The van der Waals surface area contributed by atoms with Crippen molar-refractivity contribution in [3.8, 4) is 0 Å². The van der Waals surface area contributed by atoms with E-state index in [1.165, 1.54) is 25.9 Å². The molecule has 0 aromatic rings. The Bertz CT molecular complexity index is 74.9. The Morgan fingerprint density at radius 3 is 2.75 bits per heavy atom.